The third-order valence-corrected chi connectivity index (χ3v) is 3.39. The molecule has 0 saturated carbocycles. The van der Waals surface area contributed by atoms with Crippen LogP contribution in [0, 0.1) is 0 Å². The van der Waals surface area contributed by atoms with Gasteiger partial charge in [-0.05, 0) is 17.9 Å². The van der Waals surface area contributed by atoms with Gasteiger partial charge in [0.2, 0.25) is 5.89 Å². The Balaban J connectivity index is 2.01. The molecule has 5 nitrogen and oxygen atoms in total. The van der Waals surface area contributed by atoms with Crippen molar-refractivity contribution >= 4 is 28.9 Å². The summed E-state index contributed by atoms with van der Waals surface area (Å²) < 4.78 is 5.40. The molecule has 0 aliphatic heterocycles. The zero-order chi connectivity index (χ0) is 12.3. The van der Waals surface area contributed by atoms with Crippen molar-refractivity contribution < 1.29 is 14.3 Å². The molecule has 0 amide bonds. The minimum atomic E-state index is -0.828. The molecule has 2 heterocycles. The van der Waals surface area contributed by atoms with Crippen molar-refractivity contribution in [2.75, 3.05) is 0 Å². The van der Waals surface area contributed by atoms with Crippen molar-refractivity contribution in [3.05, 3.63) is 22.4 Å². The van der Waals surface area contributed by atoms with Crippen LogP contribution in [-0.2, 0) is 11.2 Å². The Morgan fingerprint density at radius 1 is 1.53 bits per heavy atom. The number of aryl methyl sites for hydroxylation is 1. The molecular weight excluding hydrogens is 264 g/mol. The zero-order valence-electron chi connectivity index (χ0n) is 8.72. The second-order valence-corrected chi connectivity index (χ2v) is 4.67. The molecule has 0 atom stereocenters. The summed E-state index contributed by atoms with van der Waals surface area (Å²) >= 11 is 7.36. The first-order chi connectivity index (χ1) is 8.16. The number of aromatic nitrogens is 2. The Kier molecular flexibility index (Phi) is 3.75. The van der Waals surface area contributed by atoms with Gasteiger partial charge in [0, 0.05) is 12.8 Å². The summed E-state index contributed by atoms with van der Waals surface area (Å²) in [6.07, 6.45) is 1.04. The van der Waals surface area contributed by atoms with Crippen molar-refractivity contribution in [3.63, 3.8) is 0 Å². The Morgan fingerprint density at radius 3 is 3.00 bits per heavy atom. The molecular formula is C10H9ClN2O3S. The third-order valence-electron chi connectivity index (χ3n) is 2.06. The highest BCUT2D eigenvalue weighted by Gasteiger charge is 2.13. The fourth-order valence-electron chi connectivity index (χ4n) is 1.28. The van der Waals surface area contributed by atoms with Crippen molar-refractivity contribution in [3.8, 4) is 10.8 Å². The zero-order valence-corrected chi connectivity index (χ0v) is 10.3. The van der Waals surface area contributed by atoms with Crippen LogP contribution in [0.4, 0.5) is 0 Å². The number of rotatable bonds is 5. The maximum absolute atomic E-state index is 10.3. The first-order valence-electron chi connectivity index (χ1n) is 4.94. The summed E-state index contributed by atoms with van der Waals surface area (Å²) in [7, 11) is 0. The fourth-order valence-corrected chi connectivity index (χ4v) is 2.34. The first-order valence-corrected chi connectivity index (χ1v) is 6.20. The number of carboxylic acids is 1. The summed E-state index contributed by atoms with van der Waals surface area (Å²) in [4.78, 5) is 11.1. The van der Waals surface area contributed by atoms with Gasteiger partial charge in [-0.25, -0.2) is 0 Å². The summed E-state index contributed by atoms with van der Waals surface area (Å²) in [6.45, 7) is 0. The number of halogens is 1. The number of carbonyl (C=O) groups is 1. The molecule has 17 heavy (non-hydrogen) atoms. The highest BCUT2D eigenvalue weighted by Crippen LogP contribution is 2.32. The van der Waals surface area contributed by atoms with E-state index in [9.17, 15) is 4.79 Å². The minimum absolute atomic E-state index is 0.0947. The summed E-state index contributed by atoms with van der Waals surface area (Å²) in [6, 6.07) is 1.76. The molecule has 0 aliphatic carbocycles. The fraction of sp³-hybridized carbons (Fsp3) is 0.300. The van der Waals surface area contributed by atoms with Crippen LogP contribution in [0.3, 0.4) is 0 Å². The molecule has 0 spiro atoms. The molecule has 0 radical (unpaired) electrons. The van der Waals surface area contributed by atoms with Crippen molar-refractivity contribution in [2.24, 2.45) is 0 Å². The van der Waals surface area contributed by atoms with Crippen LogP contribution in [0.25, 0.3) is 10.8 Å². The molecule has 0 fully saturated rings. The topological polar surface area (TPSA) is 76.2 Å². The van der Waals surface area contributed by atoms with Crippen LogP contribution >= 0.6 is 22.9 Å². The monoisotopic (exact) mass is 272 g/mol. The van der Waals surface area contributed by atoms with Crippen LogP contribution in [0.15, 0.2) is 15.9 Å². The molecule has 7 heteroatoms. The minimum Gasteiger partial charge on any atom is -0.481 e. The molecule has 0 bridgehead atoms. The van der Waals surface area contributed by atoms with Gasteiger partial charge in [0.1, 0.15) is 4.88 Å². The van der Waals surface area contributed by atoms with Crippen molar-refractivity contribution in [1.82, 2.24) is 10.2 Å². The van der Waals surface area contributed by atoms with E-state index in [2.05, 4.69) is 10.2 Å². The van der Waals surface area contributed by atoms with E-state index in [1.165, 1.54) is 11.3 Å². The Bertz CT molecular complexity index is 523. The average molecular weight is 273 g/mol. The highest BCUT2D eigenvalue weighted by molar-refractivity contribution is 7.14. The van der Waals surface area contributed by atoms with Gasteiger partial charge in [0.15, 0.2) is 0 Å². The van der Waals surface area contributed by atoms with Crippen LogP contribution in [0.1, 0.15) is 18.7 Å². The van der Waals surface area contributed by atoms with Gasteiger partial charge in [-0.2, -0.15) is 0 Å². The number of aliphatic carboxylic acids is 1. The van der Waals surface area contributed by atoms with Crippen LogP contribution < -0.4 is 0 Å². The van der Waals surface area contributed by atoms with Crippen molar-refractivity contribution in [1.29, 1.82) is 0 Å². The molecule has 0 saturated heterocycles. The van der Waals surface area contributed by atoms with E-state index in [0.29, 0.717) is 29.6 Å². The number of hydrogen-bond donors (Lipinski definition) is 1. The number of hydrogen-bond acceptors (Lipinski definition) is 5. The maximum atomic E-state index is 10.3. The molecule has 0 aliphatic rings. The van der Waals surface area contributed by atoms with Gasteiger partial charge in [-0.3, -0.25) is 4.79 Å². The van der Waals surface area contributed by atoms with E-state index in [0.717, 1.165) is 4.88 Å². The standard InChI is InChI=1S/C10H9ClN2O3S/c11-6-4-5-17-9(6)10-13-12-7(16-10)2-1-3-8(14)15/h4-5H,1-3H2,(H,14,15). The predicted octanol–water partition coefficient (Wildman–Crippen LogP) is 2.86. The smallest absolute Gasteiger partial charge is 0.303 e. The van der Waals surface area contributed by atoms with E-state index in [1.807, 2.05) is 5.38 Å². The molecule has 2 rings (SSSR count). The van der Waals surface area contributed by atoms with Gasteiger partial charge >= 0.3 is 5.97 Å². The van der Waals surface area contributed by atoms with E-state index < -0.39 is 5.97 Å². The number of nitrogens with zero attached hydrogens (tertiary/aromatic N) is 2. The third kappa shape index (κ3) is 3.04. The van der Waals surface area contributed by atoms with Gasteiger partial charge < -0.3 is 9.52 Å². The van der Waals surface area contributed by atoms with E-state index in [1.54, 1.807) is 6.07 Å². The lowest BCUT2D eigenvalue weighted by atomic mass is 10.2. The van der Waals surface area contributed by atoms with Gasteiger partial charge in [0.25, 0.3) is 5.89 Å². The Morgan fingerprint density at radius 2 is 2.35 bits per heavy atom. The van der Waals surface area contributed by atoms with Gasteiger partial charge in [-0.1, -0.05) is 11.6 Å². The quantitative estimate of drug-likeness (QED) is 0.906. The molecule has 1 N–H and O–H groups in total. The summed E-state index contributed by atoms with van der Waals surface area (Å²) in [5, 5.41) is 18.6. The Labute approximate surface area is 106 Å². The molecule has 90 valence electrons. The SMILES string of the molecule is O=C(O)CCCc1nnc(-c2sccc2Cl)o1. The molecule has 2 aromatic heterocycles. The predicted molar refractivity (Wildman–Crippen MR) is 63.2 cm³/mol. The van der Waals surface area contributed by atoms with E-state index in [4.69, 9.17) is 21.1 Å². The summed E-state index contributed by atoms with van der Waals surface area (Å²) in [5.74, 6) is -0.00733. The lowest BCUT2D eigenvalue weighted by Gasteiger charge is -1.92. The molecule has 0 unspecified atom stereocenters. The second kappa shape index (κ2) is 5.29. The highest BCUT2D eigenvalue weighted by atomic mass is 35.5. The molecule has 2 aromatic rings. The van der Waals surface area contributed by atoms with Crippen LogP contribution in [-0.4, -0.2) is 21.3 Å². The average Bonchev–Trinajstić information content (AvgIpc) is 2.86. The maximum Gasteiger partial charge on any atom is 0.303 e. The first kappa shape index (κ1) is 12.1. The second-order valence-electron chi connectivity index (χ2n) is 3.35. The lowest BCUT2D eigenvalue weighted by molar-refractivity contribution is -0.137. The van der Waals surface area contributed by atoms with E-state index >= 15 is 0 Å². The lowest BCUT2D eigenvalue weighted by Crippen LogP contribution is -1.95. The van der Waals surface area contributed by atoms with Crippen LogP contribution in [0.5, 0.6) is 0 Å². The van der Waals surface area contributed by atoms with E-state index in [-0.39, 0.29) is 6.42 Å². The van der Waals surface area contributed by atoms with Gasteiger partial charge in [-0.15, -0.1) is 21.5 Å². The van der Waals surface area contributed by atoms with Crippen LogP contribution in [0.2, 0.25) is 5.02 Å². The number of carboxylic acid groups (broad SMARTS) is 1. The molecule has 0 aromatic carbocycles. The number of thiophene rings is 1. The normalized spacial score (nSPS) is 10.6. The summed E-state index contributed by atoms with van der Waals surface area (Å²) in [5.41, 5.74) is 0. The van der Waals surface area contributed by atoms with Crippen molar-refractivity contribution in [2.45, 2.75) is 19.3 Å². The largest absolute Gasteiger partial charge is 0.481 e. The Hall–Kier alpha value is -1.40. The van der Waals surface area contributed by atoms with Gasteiger partial charge in [0.05, 0.1) is 5.02 Å².